The third-order valence-electron chi connectivity index (χ3n) is 4.13. The summed E-state index contributed by atoms with van der Waals surface area (Å²) in [6.07, 6.45) is 0. The number of benzene rings is 2. The molecule has 2 N–H and O–H groups in total. The number of carbonyl (C=O) groups excluding carboxylic acids is 2. The smallest absolute Gasteiger partial charge is 0.269 e. The SMILES string of the molecule is Cc1cc(C)c(NC(=O)CN(C)CC(=O)Nc2ccc([N+](=O)[O-])cc2)c(C)c1. The van der Waals surface area contributed by atoms with E-state index in [-0.39, 0.29) is 30.6 Å². The van der Waals surface area contributed by atoms with Crippen molar-refractivity contribution in [3.8, 4) is 0 Å². The minimum atomic E-state index is -0.504. The standard InChI is InChI=1S/C20H24N4O4/c1-13-9-14(2)20(15(3)10-13)22-19(26)12-23(4)11-18(25)21-16-5-7-17(8-6-16)24(27)28/h5-10H,11-12H2,1-4H3,(H,21,25)(H,22,26). The number of rotatable bonds is 7. The molecule has 0 aromatic heterocycles. The number of nitrogens with zero attached hydrogens (tertiary/aromatic N) is 2. The second kappa shape index (κ2) is 9.09. The fourth-order valence-corrected chi connectivity index (χ4v) is 2.97. The molecule has 0 saturated heterocycles. The van der Waals surface area contributed by atoms with E-state index in [9.17, 15) is 19.7 Å². The molecule has 0 unspecified atom stereocenters. The van der Waals surface area contributed by atoms with Crippen LogP contribution in [0.3, 0.4) is 0 Å². The zero-order valence-electron chi connectivity index (χ0n) is 16.4. The molecule has 0 fully saturated rings. The molecule has 0 heterocycles. The number of anilines is 2. The number of amides is 2. The van der Waals surface area contributed by atoms with Crippen molar-refractivity contribution >= 4 is 28.9 Å². The van der Waals surface area contributed by atoms with Gasteiger partial charge in [-0.2, -0.15) is 0 Å². The van der Waals surface area contributed by atoms with E-state index in [1.807, 2.05) is 32.9 Å². The van der Waals surface area contributed by atoms with Crippen LogP contribution in [0.5, 0.6) is 0 Å². The molecular formula is C20H24N4O4. The van der Waals surface area contributed by atoms with Gasteiger partial charge < -0.3 is 10.6 Å². The van der Waals surface area contributed by atoms with Crippen molar-refractivity contribution in [3.05, 3.63) is 63.2 Å². The second-order valence-electron chi connectivity index (χ2n) is 6.85. The molecule has 2 aromatic rings. The first kappa shape index (κ1) is 21.0. The summed E-state index contributed by atoms with van der Waals surface area (Å²) in [5.74, 6) is -0.521. The maximum Gasteiger partial charge on any atom is 0.269 e. The Balaban J connectivity index is 1.87. The molecule has 0 bridgehead atoms. The van der Waals surface area contributed by atoms with Crippen LogP contribution in [0.2, 0.25) is 0 Å². The second-order valence-corrected chi connectivity index (χ2v) is 6.85. The molecule has 0 atom stereocenters. The van der Waals surface area contributed by atoms with Crippen molar-refractivity contribution in [2.24, 2.45) is 0 Å². The van der Waals surface area contributed by atoms with Crippen LogP contribution in [-0.4, -0.2) is 41.8 Å². The van der Waals surface area contributed by atoms with E-state index in [1.54, 1.807) is 11.9 Å². The number of hydrogen-bond donors (Lipinski definition) is 2. The number of nitrogens with one attached hydrogen (secondary N) is 2. The Kier molecular flexibility index (Phi) is 6.84. The Morgan fingerprint density at radius 2 is 1.46 bits per heavy atom. The lowest BCUT2D eigenvalue weighted by Gasteiger charge is -2.18. The van der Waals surface area contributed by atoms with E-state index < -0.39 is 4.92 Å². The number of aryl methyl sites for hydroxylation is 3. The molecule has 0 aliphatic rings. The first-order chi connectivity index (χ1) is 13.2. The summed E-state index contributed by atoms with van der Waals surface area (Å²) in [5, 5.41) is 16.2. The molecule has 2 aromatic carbocycles. The van der Waals surface area contributed by atoms with Crippen LogP contribution >= 0.6 is 0 Å². The van der Waals surface area contributed by atoms with Gasteiger partial charge >= 0.3 is 0 Å². The van der Waals surface area contributed by atoms with Crippen LogP contribution in [0.25, 0.3) is 0 Å². The van der Waals surface area contributed by atoms with E-state index in [0.717, 1.165) is 22.4 Å². The minimum Gasteiger partial charge on any atom is -0.325 e. The highest BCUT2D eigenvalue weighted by Gasteiger charge is 2.14. The Bertz CT molecular complexity index is 871. The van der Waals surface area contributed by atoms with Crippen LogP contribution in [0.1, 0.15) is 16.7 Å². The van der Waals surface area contributed by atoms with Gasteiger partial charge in [-0.3, -0.25) is 24.6 Å². The number of nitro benzene ring substituents is 1. The summed E-state index contributed by atoms with van der Waals surface area (Å²) < 4.78 is 0. The molecule has 0 aliphatic carbocycles. The quantitative estimate of drug-likeness (QED) is 0.564. The highest BCUT2D eigenvalue weighted by Crippen LogP contribution is 2.21. The lowest BCUT2D eigenvalue weighted by atomic mass is 10.1. The maximum absolute atomic E-state index is 12.3. The number of hydrogen-bond acceptors (Lipinski definition) is 5. The van der Waals surface area contributed by atoms with Gasteiger partial charge in [0.05, 0.1) is 18.0 Å². The van der Waals surface area contributed by atoms with Gasteiger partial charge in [0, 0.05) is 23.5 Å². The molecule has 2 amide bonds. The molecule has 0 radical (unpaired) electrons. The largest absolute Gasteiger partial charge is 0.325 e. The first-order valence-corrected chi connectivity index (χ1v) is 8.76. The highest BCUT2D eigenvalue weighted by molar-refractivity contribution is 5.95. The summed E-state index contributed by atoms with van der Waals surface area (Å²) in [6.45, 7) is 5.95. The number of nitro groups is 1. The molecule has 0 aliphatic heterocycles. The summed E-state index contributed by atoms with van der Waals surface area (Å²) in [6, 6.07) is 9.57. The number of likely N-dealkylation sites (N-methyl/N-ethyl adjacent to an activating group) is 1. The zero-order valence-corrected chi connectivity index (χ0v) is 16.4. The Labute approximate surface area is 163 Å². The van der Waals surface area contributed by atoms with Gasteiger partial charge in [-0.1, -0.05) is 17.7 Å². The van der Waals surface area contributed by atoms with Gasteiger partial charge in [-0.05, 0) is 51.1 Å². The minimum absolute atomic E-state index is 0.0102. The van der Waals surface area contributed by atoms with Crippen LogP contribution in [0, 0.1) is 30.9 Å². The fraction of sp³-hybridized carbons (Fsp3) is 0.300. The normalized spacial score (nSPS) is 10.6. The van der Waals surface area contributed by atoms with Crippen molar-refractivity contribution < 1.29 is 14.5 Å². The van der Waals surface area contributed by atoms with E-state index in [0.29, 0.717) is 5.69 Å². The van der Waals surface area contributed by atoms with E-state index in [1.165, 1.54) is 24.3 Å². The average Bonchev–Trinajstić information content (AvgIpc) is 2.58. The van der Waals surface area contributed by atoms with Gasteiger partial charge in [0.15, 0.2) is 0 Å². The van der Waals surface area contributed by atoms with Crippen molar-refractivity contribution in [2.45, 2.75) is 20.8 Å². The monoisotopic (exact) mass is 384 g/mol. The van der Waals surface area contributed by atoms with Crippen molar-refractivity contribution in [2.75, 3.05) is 30.8 Å². The van der Waals surface area contributed by atoms with Crippen LogP contribution < -0.4 is 10.6 Å². The van der Waals surface area contributed by atoms with Gasteiger partial charge in [0.2, 0.25) is 11.8 Å². The molecule has 0 saturated carbocycles. The molecule has 8 heteroatoms. The summed E-state index contributed by atoms with van der Waals surface area (Å²) in [7, 11) is 1.67. The van der Waals surface area contributed by atoms with Crippen molar-refractivity contribution in [1.29, 1.82) is 0 Å². The fourth-order valence-electron chi connectivity index (χ4n) is 2.97. The Hall–Kier alpha value is -3.26. The van der Waals surface area contributed by atoms with Crippen molar-refractivity contribution in [3.63, 3.8) is 0 Å². The number of non-ortho nitro benzene ring substituents is 1. The number of carbonyl (C=O) groups is 2. The first-order valence-electron chi connectivity index (χ1n) is 8.76. The van der Waals surface area contributed by atoms with Gasteiger partial charge in [-0.15, -0.1) is 0 Å². The maximum atomic E-state index is 12.3. The third kappa shape index (κ3) is 5.88. The van der Waals surface area contributed by atoms with E-state index >= 15 is 0 Å². The van der Waals surface area contributed by atoms with Gasteiger partial charge in [-0.25, -0.2) is 0 Å². The third-order valence-corrected chi connectivity index (χ3v) is 4.13. The Morgan fingerprint density at radius 1 is 0.964 bits per heavy atom. The lowest BCUT2D eigenvalue weighted by molar-refractivity contribution is -0.384. The molecule has 2 rings (SSSR count). The van der Waals surface area contributed by atoms with E-state index in [4.69, 9.17) is 0 Å². The highest BCUT2D eigenvalue weighted by atomic mass is 16.6. The summed E-state index contributed by atoms with van der Waals surface area (Å²) >= 11 is 0. The lowest BCUT2D eigenvalue weighted by Crippen LogP contribution is -2.36. The molecule has 8 nitrogen and oxygen atoms in total. The molecular weight excluding hydrogens is 360 g/mol. The topological polar surface area (TPSA) is 105 Å². The summed E-state index contributed by atoms with van der Waals surface area (Å²) in [5.41, 5.74) is 4.31. The van der Waals surface area contributed by atoms with Crippen molar-refractivity contribution in [1.82, 2.24) is 4.90 Å². The van der Waals surface area contributed by atoms with E-state index in [2.05, 4.69) is 10.6 Å². The predicted octanol–water partition coefficient (Wildman–Crippen LogP) is 3.03. The van der Waals surface area contributed by atoms with Crippen LogP contribution in [-0.2, 0) is 9.59 Å². The zero-order chi connectivity index (χ0) is 20.8. The molecule has 0 spiro atoms. The van der Waals surface area contributed by atoms with Crippen LogP contribution in [0.15, 0.2) is 36.4 Å². The molecule has 28 heavy (non-hydrogen) atoms. The van der Waals surface area contributed by atoms with Crippen LogP contribution in [0.4, 0.5) is 17.1 Å². The average molecular weight is 384 g/mol. The predicted molar refractivity (Wildman–Crippen MR) is 109 cm³/mol. The molecule has 148 valence electrons. The van der Waals surface area contributed by atoms with Gasteiger partial charge in [0.1, 0.15) is 0 Å². The Morgan fingerprint density at radius 3 is 1.96 bits per heavy atom. The summed E-state index contributed by atoms with van der Waals surface area (Å²) in [4.78, 5) is 36.1. The van der Waals surface area contributed by atoms with Gasteiger partial charge in [0.25, 0.3) is 5.69 Å².